The molecule has 1 saturated heterocycles. The topological polar surface area (TPSA) is 71.3 Å². The molecule has 1 aliphatic heterocycles. The number of aromatic nitrogens is 3. The van der Waals surface area contributed by atoms with Crippen LogP contribution in [0.4, 0.5) is 10.1 Å². The van der Waals surface area contributed by atoms with Crippen molar-refractivity contribution in [2.45, 2.75) is 13.0 Å². The summed E-state index contributed by atoms with van der Waals surface area (Å²) in [5.74, 6) is -0.449. The fourth-order valence-corrected chi connectivity index (χ4v) is 3.62. The van der Waals surface area contributed by atoms with Crippen molar-refractivity contribution in [1.82, 2.24) is 19.7 Å². The lowest BCUT2D eigenvalue weighted by molar-refractivity contribution is -0.135. The van der Waals surface area contributed by atoms with Crippen molar-refractivity contribution >= 4 is 11.6 Å². The SMILES string of the molecule is CC(C(=O)N1CCN(c2ccccc2F)CC1)n1nc(-c2cccnc2)ccc1=O. The number of para-hydroxylation sites is 1. The number of benzene rings is 1. The molecular weight excluding hydrogens is 385 g/mol. The summed E-state index contributed by atoms with van der Waals surface area (Å²) in [4.78, 5) is 33.1. The summed E-state index contributed by atoms with van der Waals surface area (Å²) in [6, 6.07) is 12.6. The molecule has 1 unspecified atom stereocenters. The number of hydrogen-bond donors (Lipinski definition) is 0. The van der Waals surface area contributed by atoms with E-state index >= 15 is 0 Å². The molecule has 0 bridgehead atoms. The highest BCUT2D eigenvalue weighted by Crippen LogP contribution is 2.21. The Balaban J connectivity index is 1.48. The van der Waals surface area contributed by atoms with Crippen LogP contribution in [0.25, 0.3) is 11.3 Å². The lowest BCUT2D eigenvalue weighted by atomic mass is 10.2. The van der Waals surface area contributed by atoms with Crippen molar-refractivity contribution in [3.8, 4) is 11.3 Å². The second kappa shape index (κ2) is 8.44. The van der Waals surface area contributed by atoms with Gasteiger partial charge in [0.1, 0.15) is 11.9 Å². The van der Waals surface area contributed by atoms with Gasteiger partial charge in [0.25, 0.3) is 5.56 Å². The third-order valence-electron chi connectivity index (χ3n) is 5.29. The van der Waals surface area contributed by atoms with Gasteiger partial charge in [0.05, 0.1) is 11.4 Å². The Kier molecular flexibility index (Phi) is 5.56. The predicted molar refractivity (Wildman–Crippen MR) is 112 cm³/mol. The van der Waals surface area contributed by atoms with E-state index in [0.717, 1.165) is 5.56 Å². The van der Waals surface area contributed by atoms with Crippen LogP contribution in [-0.4, -0.2) is 51.8 Å². The molecule has 2 aromatic heterocycles. The van der Waals surface area contributed by atoms with Crippen molar-refractivity contribution in [2.75, 3.05) is 31.1 Å². The second-order valence-electron chi connectivity index (χ2n) is 7.18. The van der Waals surface area contributed by atoms with Crippen molar-refractivity contribution < 1.29 is 9.18 Å². The third kappa shape index (κ3) is 3.94. The number of rotatable bonds is 4. The van der Waals surface area contributed by atoms with Gasteiger partial charge in [0.2, 0.25) is 5.91 Å². The van der Waals surface area contributed by atoms with Crippen LogP contribution < -0.4 is 10.5 Å². The minimum absolute atomic E-state index is 0.180. The molecule has 8 heteroatoms. The van der Waals surface area contributed by atoms with Gasteiger partial charge >= 0.3 is 0 Å². The number of piperazine rings is 1. The van der Waals surface area contributed by atoms with E-state index in [1.54, 1.807) is 54.5 Å². The molecular formula is C22H22FN5O2. The van der Waals surface area contributed by atoms with Crippen LogP contribution in [0.1, 0.15) is 13.0 Å². The van der Waals surface area contributed by atoms with Gasteiger partial charge in [-0.25, -0.2) is 9.07 Å². The third-order valence-corrected chi connectivity index (χ3v) is 5.29. The monoisotopic (exact) mass is 407 g/mol. The van der Waals surface area contributed by atoms with Gasteiger partial charge in [0.15, 0.2) is 0 Å². The molecule has 4 rings (SSSR count). The number of hydrogen-bond acceptors (Lipinski definition) is 5. The predicted octanol–water partition coefficient (Wildman–Crippen LogP) is 2.35. The highest BCUT2D eigenvalue weighted by molar-refractivity contribution is 5.80. The summed E-state index contributed by atoms with van der Waals surface area (Å²) >= 11 is 0. The molecule has 30 heavy (non-hydrogen) atoms. The molecule has 0 spiro atoms. The van der Waals surface area contributed by atoms with Crippen LogP contribution in [0, 0.1) is 5.82 Å². The minimum Gasteiger partial charge on any atom is -0.366 e. The largest absolute Gasteiger partial charge is 0.366 e. The van der Waals surface area contributed by atoms with E-state index < -0.39 is 6.04 Å². The van der Waals surface area contributed by atoms with Gasteiger partial charge in [-0.05, 0) is 37.3 Å². The Morgan fingerprint density at radius 2 is 1.80 bits per heavy atom. The van der Waals surface area contributed by atoms with Crippen LogP contribution in [0.5, 0.6) is 0 Å². The molecule has 7 nitrogen and oxygen atoms in total. The molecule has 0 aliphatic carbocycles. The highest BCUT2D eigenvalue weighted by Gasteiger charge is 2.28. The van der Waals surface area contributed by atoms with E-state index in [1.165, 1.54) is 16.8 Å². The van der Waals surface area contributed by atoms with Gasteiger partial charge in [-0.1, -0.05) is 12.1 Å². The number of halogens is 1. The van der Waals surface area contributed by atoms with E-state index in [2.05, 4.69) is 10.1 Å². The van der Waals surface area contributed by atoms with E-state index in [4.69, 9.17) is 0 Å². The summed E-state index contributed by atoms with van der Waals surface area (Å²) in [5.41, 5.74) is 1.55. The number of carbonyl (C=O) groups is 1. The van der Waals surface area contributed by atoms with Crippen molar-refractivity contribution in [3.05, 3.63) is 77.1 Å². The van der Waals surface area contributed by atoms with E-state index in [1.807, 2.05) is 11.0 Å². The van der Waals surface area contributed by atoms with Crippen molar-refractivity contribution in [1.29, 1.82) is 0 Å². The smallest absolute Gasteiger partial charge is 0.267 e. The zero-order valence-electron chi connectivity index (χ0n) is 16.6. The normalized spacial score (nSPS) is 15.1. The molecule has 154 valence electrons. The molecule has 1 atom stereocenters. The summed E-state index contributed by atoms with van der Waals surface area (Å²) in [6.07, 6.45) is 3.32. The fourth-order valence-electron chi connectivity index (χ4n) is 3.62. The van der Waals surface area contributed by atoms with Crippen LogP contribution in [-0.2, 0) is 4.79 Å². The lowest BCUT2D eigenvalue weighted by Crippen LogP contribution is -2.51. The van der Waals surface area contributed by atoms with Gasteiger partial charge in [0, 0.05) is 50.2 Å². The molecule has 1 aromatic carbocycles. The first-order chi connectivity index (χ1) is 14.5. The molecule has 0 saturated carbocycles. The van der Waals surface area contributed by atoms with Crippen molar-refractivity contribution in [2.24, 2.45) is 0 Å². The van der Waals surface area contributed by atoms with Crippen LogP contribution in [0.15, 0.2) is 65.7 Å². The number of amides is 1. The van der Waals surface area contributed by atoms with Gasteiger partial charge < -0.3 is 9.80 Å². The molecule has 1 fully saturated rings. The van der Waals surface area contributed by atoms with E-state index in [9.17, 15) is 14.0 Å². The Morgan fingerprint density at radius 3 is 2.50 bits per heavy atom. The summed E-state index contributed by atoms with van der Waals surface area (Å²) in [6.45, 7) is 3.63. The van der Waals surface area contributed by atoms with Crippen LogP contribution in [0.3, 0.4) is 0 Å². The molecule has 1 amide bonds. The van der Waals surface area contributed by atoms with E-state index in [-0.39, 0.29) is 17.3 Å². The van der Waals surface area contributed by atoms with Gasteiger partial charge in [-0.2, -0.15) is 5.10 Å². The maximum absolute atomic E-state index is 14.0. The summed E-state index contributed by atoms with van der Waals surface area (Å²) < 4.78 is 15.2. The average molecular weight is 407 g/mol. The second-order valence-corrected chi connectivity index (χ2v) is 7.18. The van der Waals surface area contributed by atoms with Gasteiger partial charge in [-0.3, -0.25) is 14.6 Å². The summed E-state index contributed by atoms with van der Waals surface area (Å²) in [5, 5.41) is 4.39. The molecule has 3 aromatic rings. The number of anilines is 1. The van der Waals surface area contributed by atoms with E-state index in [0.29, 0.717) is 37.6 Å². The Labute approximate surface area is 173 Å². The van der Waals surface area contributed by atoms with Crippen molar-refractivity contribution in [3.63, 3.8) is 0 Å². The number of carbonyl (C=O) groups excluding carboxylic acids is 1. The summed E-state index contributed by atoms with van der Waals surface area (Å²) in [7, 11) is 0. The Morgan fingerprint density at radius 1 is 1.03 bits per heavy atom. The zero-order chi connectivity index (χ0) is 21.1. The standard InChI is InChI=1S/C22H22FN5O2/c1-16(28-21(29)9-8-19(25-28)17-5-4-10-24-15-17)22(30)27-13-11-26(12-14-27)20-7-3-2-6-18(20)23/h2-10,15-16H,11-14H2,1H3. The maximum Gasteiger partial charge on any atom is 0.267 e. The Hall–Kier alpha value is -3.55. The zero-order valence-corrected chi connectivity index (χ0v) is 16.6. The molecule has 1 aliphatic rings. The molecule has 0 radical (unpaired) electrons. The van der Waals surface area contributed by atoms with Gasteiger partial charge in [-0.15, -0.1) is 0 Å². The van der Waals surface area contributed by atoms with Crippen LogP contribution in [0.2, 0.25) is 0 Å². The lowest BCUT2D eigenvalue weighted by Gasteiger charge is -2.37. The number of nitrogens with zero attached hydrogens (tertiary/aromatic N) is 5. The van der Waals surface area contributed by atoms with Crippen LogP contribution >= 0.6 is 0 Å². The maximum atomic E-state index is 14.0. The Bertz CT molecular complexity index is 1090. The average Bonchev–Trinajstić information content (AvgIpc) is 2.79. The molecule has 3 heterocycles. The fraction of sp³-hybridized carbons (Fsp3) is 0.273. The minimum atomic E-state index is -0.742. The quantitative estimate of drug-likeness (QED) is 0.664. The first kappa shape index (κ1) is 19.8. The molecule has 0 N–H and O–H groups in total. The first-order valence-corrected chi connectivity index (χ1v) is 9.83. The number of pyridine rings is 1. The first-order valence-electron chi connectivity index (χ1n) is 9.83. The highest BCUT2D eigenvalue weighted by atomic mass is 19.1.